The van der Waals surface area contributed by atoms with Gasteiger partial charge in [0, 0.05) is 16.8 Å². The fraction of sp³-hybridized carbons (Fsp3) is 0.240. The minimum atomic E-state index is -0.439. The second-order valence-electron chi connectivity index (χ2n) is 7.50. The maximum atomic E-state index is 12.6. The topological polar surface area (TPSA) is 70.0 Å². The minimum Gasteiger partial charge on any atom is -0.353 e. The molecule has 0 saturated carbocycles. The molecule has 0 saturated heterocycles. The van der Waals surface area contributed by atoms with Crippen LogP contribution in [0.2, 0.25) is 0 Å². The monoisotopic (exact) mass is 416 g/mol. The summed E-state index contributed by atoms with van der Waals surface area (Å²) in [5.41, 5.74) is 5.49. The molecule has 2 aromatic rings. The predicted octanol–water partition coefficient (Wildman–Crippen LogP) is 5.20. The second-order valence-corrected chi connectivity index (χ2v) is 8.49. The number of Topliss-reactive ketones (excluding diaryl/α,β-unsaturated/α-hetero) is 2. The van der Waals surface area contributed by atoms with E-state index in [9.17, 15) is 14.9 Å². The molecule has 1 N–H and O–H groups in total. The molecule has 0 radical (unpaired) electrons. The van der Waals surface area contributed by atoms with Gasteiger partial charge < -0.3 is 5.32 Å². The van der Waals surface area contributed by atoms with Crippen molar-refractivity contribution in [1.82, 2.24) is 5.32 Å². The molecule has 152 valence electrons. The Morgan fingerprint density at radius 3 is 2.37 bits per heavy atom. The van der Waals surface area contributed by atoms with E-state index in [1.54, 1.807) is 0 Å². The van der Waals surface area contributed by atoms with Gasteiger partial charge in [0.15, 0.2) is 11.6 Å². The highest BCUT2D eigenvalue weighted by Gasteiger charge is 2.33. The van der Waals surface area contributed by atoms with Gasteiger partial charge in [0.1, 0.15) is 0 Å². The molecule has 0 spiro atoms. The van der Waals surface area contributed by atoms with Crippen LogP contribution in [0.15, 0.2) is 70.4 Å². The third kappa shape index (κ3) is 4.55. The number of dihydropyridines is 1. The molecule has 5 heteroatoms. The Balaban J connectivity index is 1.95. The van der Waals surface area contributed by atoms with Gasteiger partial charge in [-0.15, -0.1) is 0 Å². The Labute approximate surface area is 181 Å². The van der Waals surface area contributed by atoms with Gasteiger partial charge in [-0.3, -0.25) is 9.59 Å². The summed E-state index contributed by atoms with van der Waals surface area (Å²) < 4.78 is 0. The van der Waals surface area contributed by atoms with Crippen molar-refractivity contribution in [2.45, 2.75) is 33.6 Å². The molecule has 30 heavy (non-hydrogen) atoms. The van der Waals surface area contributed by atoms with Gasteiger partial charge >= 0.3 is 0 Å². The van der Waals surface area contributed by atoms with Crippen molar-refractivity contribution in [3.8, 4) is 6.07 Å². The van der Waals surface area contributed by atoms with Crippen LogP contribution in [0.5, 0.6) is 0 Å². The number of allylic oxidation sites excluding steroid dienone is 3. The summed E-state index contributed by atoms with van der Waals surface area (Å²) in [7, 11) is 0. The number of aryl methyl sites for hydroxylation is 2. The molecule has 3 rings (SSSR count). The average molecular weight is 417 g/mol. The predicted molar refractivity (Wildman–Crippen MR) is 121 cm³/mol. The molecule has 1 heterocycles. The van der Waals surface area contributed by atoms with E-state index in [4.69, 9.17) is 0 Å². The molecule has 4 nitrogen and oxygen atoms in total. The Kier molecular flexibility index (Phi) is 6.59. The normalized spacial score (nSPS) is 16.2. The lowest BCUT2D eigenvalue weighted by Gasteiger charge is -2.29. The van der Waals surface area contributed by atoms with Crippen LogP contribution in [-0.4, -0.2) is 17.3 Å². The summed E-state index contributed by atoms with van der Waals surface area (Å²) in [4.78, 5) is 25.1. The van der Waals surface area contributed by atoms with Crippen LogP contribution in [0.4, 0.5) is 0 Å². The van der Waals surface area contributed by atoms with Crippen LogP contribution in [0.25, 0.3) is 0 Å². The lowest BCUT2D eigenvalue weighted by Crippen LogP contribution is -2.27. The number of thioether (sulfide) groups is 1. The third-order valence-corrected chi connectivity index (χ3v) is 6.14. The van der Waals surface area contributed by atoms with E-state index < -0.39 is 5.92 Å². The summed E-state index contributed by atoms with van der Waals surface area (Å²) in [6.45, 7) is 7.33. The number of ketones is 2. The van der Waals surface area contributed by atoms with Gasteiger partial charge in [-0.1, -0.05) is 71.4 Å². The molecule has 1 aliphatic heterocycles. The molecular formula is C25H24N2O2S. The zero-order valence-electron chi connectivity index (χ0n) is 17.6. The summed E-state index contributed by atoms with van der Waals surface area (Å²) >= 11 is 1.31. The van der Waals surface area contributed by atoms with E-state index in [2.05, 4.69) is 11.4 Å². The van der Waals surface area contributed by atoms with Crippen molar-refractivity contribution >= 4 is 23.3 Å². The quantitative estimate of drug-likeness (QED) is 0.655. The molecule has 0 amide bonds. The first-order valence-electron chi connectivity index (χ1n) is 9.74. The first kappa shape index (κ1) is 21.6. The van der Waals surface area contributed by atoms with Gasteiger partial charge in [-0.2, -0.15) is 5.26 Å². The van der Waals surface area contributed by atoms with Crippen LogP contribution < -0.4 is 5.32 Å². The third-order valence-electron chi connectivity index (χ3n) is 5.12. The zero-order valence-corrected chi connectivity index (χ0v) is 18.4. The fourth-order valence-electron chi connectivity index (χ4n) is 3.64. The SMILES string of the molecule is CC(=O)C1=C(C)NC(SCC(=O)c2ccc(C)cc2)=C(C#N)[C@@H]1c1cccc(C)c1. The van der Waals surface area contributed by atoms with Crippen LogP contribution in [0, 0.1) is 25.2 Å². The van der Waals surface area contributed by atoms with E-state index in [1.807, 2.05) is 69.3 Å². The summed E-state index contributed by atoms with van der Waals surface area (Å²) in [5, 5.41) is 13.8. The van der Waals surface area contributed by atoms with Gasteiger partial charge in [-0.25, -0.2) is 0 Å². The van der Waals surface area contributed by atoms with Crippen LogP contribution >= 0.6 is 11.8 Å². The molecule has 1 aliphatic rings. The largest absolute Gasteiger partial charge is 0.353 e. The van der Waals surface area contributed by atoms with Crippen molar-refractivity contribution < 1.29 is 9.59 Å². The first-order valence-corrected chi connectivity index (χ1v) is 10.7. The summed E-state index contributed by atoms with van der Waals surface area (Å²) in [6, 6.07) is 17.6. The van der Waals surface area contributed by atoms with Gasteiger partial charge in [0.2, 0.25) is 0 Å². The van der Waals surface area contributed by atoms with E-state index in [0.29, 0.717) is 21.7 Å². The number of hydrogen-bond donors (Lipinski definition) is 1. The fourth-order valence-corrected chi connectivity index (χ4v) is 4.62. The van der Waals surface area contributed by atoms with Crippen LogP contribution in [0.3, 0.4) is 0 Å². The number of carbonyl (C=O) groups is 2. The molecule has 0 aliphatic carbocycles. The number of nitrogens with one attached hydrogen (secondary N) is 1. The average Bonchev–Trinajstić information content (AvgIpc) is 2.71. The molecule has 0 fully saturated rings. The van der Waals surface area contributed by atoms with Crippen LogP contribution in [-0.2, 0) is 4.79 Å². The smallest absolute Gasteiger partial charge is 0.173 e. The van der Waals surface area contributed by atoms with Crippen molar-refractivity contribution in [3.05, 3.63) is 92.7 Å². The maximum Gasteiger partial charge on any atom is 0.173 e. The van der Waals surface area contributed by atoms with E-state index in [0.717, 1.165) is 22.4 Å². The maximum absolute atomic E-state index is 12.6. The lowest BCUT2D eigenvalue weighted by atomic mass is 9.80. The Morgan fingerprint density at radius 1 is 1.07 bits per heavy atom. The standard InChI is InChI=1S/C25H24N2O2S/c1-15-8-10-19(11-9-15)22(29)14-30-25-21(13-26)24(20-7-5-6-16(2)12-20)23(18(4)28)17(3)27-25/h5-12,24,27H,14H2,1-4H3/t24-/m0/s1. The zero-order chi connectivity index (χ0) is 21.8. The van der Waals surface area contributed by atoms with Crippen molar-refractivity contribution in [2.75, 3.05) is 5.75 Å². The van der Waals surface area contributed by atoms with E-state index >= 15 is 0 Å². The number of carbonyl (C=O) groups excluding carboxylic acids is 2. The van der Waals surface area contributed by atoms with Gasteiger partial charge in [0.05, 0.1) is 28.3 Å². The highest BCUT2D eigenvalue weighted by Crippen LogP contribution is 2.41. The number of benzene rings is 2. The molecular weight excluding hydrogens is 392 g/mol. The number of nitrogens with zero attached hydrogens (tertiary/aromatic N) is 1. The Morgan fingerprint density at radius 2 is 1.77 bits per heavy atom. The van der Waals surface area contributed by atoms with Gasteiger partial charge in [0.25, 0.3) is 0 Å². The molecule has 0 aromatic heterocycles. The van der Waals surface area contributed by atoms with Gasteiger partial charge in [-0.05, 0) is 33.3 Å². The Bertz CT molecular complexity index is 1100. The first-order chi connectivity index (χ1) is 14.3. The highest BCUT2D eigenvalue weighted by atomic mass is 32.2. The molecule has 1 atom stereocenters. The number of hydrogen-bond acceptors (Lipinski definition) is 5. The van der Waals surface area contributed by atoms with Crippen molar-refractivity contribution in [1.29, 1.82) is 5.26 Å². The molecule has 0 unspecified atom stereocenters. The number of nitriles is 1. The lowest BCUT2D eigenvalue weighted by molar-refractivity contribution is -0.113. The second kappa shape index (κ2) is 9.15. The highest BCUT2D eigenvalue weighted by molar-refractivity contribution is 8.03. The molecule has 2 aromatic carbocycles. The van der Waals surface area contributed by atoms with E-state index in [-0.39, 0.29) is 17.3 Å². The minimum absolute atomic E-state index is 0.00214. The molecule has 0 bridgehead atoms. The Hall–Kier alpha value is -3.10. The van der Waals surface area contributed by atoms with E-state index in [1.165, 1.54) is 18.7 Å². The summed E-state index contributed by atoms with van der Waals surface area (Å²) in [6.07, 6.45) is 0. The number of rotatable bonds is 6. The van der Waals surface area contributed by atoms with Crippen molar-refractivity contribution in [2.24, 2.45) is 0 Å². The van der Waals surface area contributed by atoms with Crippen molar-refractivity contribution in [3.63, 3.8) is 0 Å². The van der Waals surface area contributed by atoms with Crippen LogP contribution in [0.1, 0.15) is 46.8 Å². The summed E-state index contributed by atoms with van der Waals surface area (Å²) in [5.74, 6) is -0.304.